The van der Waals surface area contributed by atoms with Crippen LogP contribution in [0.4, 0.5) is 15.9 Å². The third-order valence-electron chi connectivity index (χ3n) is 7.65. The van der Waals surface area contributed by atoms with E-state index in [4.69, 9.17) is 21.1 Å². The molecule has 0 bridgehead atoms. The Morgan fingerprint density at radius 1 is 1.13 bits per heavy atom. The standard InChI is InChI=1S/C28H33ClFN5O3/c1-31-28(36)17-5-4-12-35(15-17)18-8-10-19(11-9-18)38-25-13-20-23(14-24(25)37-2)32-16-33-27(20)34-22-7-3-6-21(29)26(22)30/h3,6-7,13-14,16-19H,4-5,8-12,15H2,1-2H3,(H,31,36)(H,32,33,34)/t17-,18-,19-/m1/s1. The number of fused-ring (bicyclic) bond motifs is 1. The number of benzene rings is 2. The molecule has 8 nitrogen and oxygen atoms in total. The Labute approximate surface area is 226 Å². The van der Waals surface area contributed by atoms with Gasteiger partial charge in [0.25, 0.3) is 0 Å². The molecule has 1 aliphatic heterocycles. The van der Waals surface area contributed by atoms with Crippen LogP contribution in [0.15, 0.2) is 36.7 Å². The molecule has 0 spiro atoms. The van der Waals surface area contributed by atoms with E-state index in [1.54, 1.807) is 26.3 Å². The number of likely N-dealkylation sites (tertiary alicyclic amines) is 1. The Morgan fingerprint density at radius 3 is 2.71 bits per heavy atom. The maximum absolute atomic E-state index is 14.5. The lowest BCUT2D eigenvalue weighted by Crippen LogP contribution is -2.48. The van der Waals surface area contributed by atoms with Crippen molar-refractivity contribution in [2.75, 3.05) is 32.6 Å². The van der Waals surface area contributed by atoms with E-state index < -0.39 is 5.82 Å². The number of nitrogens with one attached hydrogen (secondary N) is 2. The second kappa shape index (κ2) is 11.7. The van der Waals surface area contributed by atoms with Gasteiger partial charge in [0, 0.05) is 31.1 Å². The monoisotopic (exact) mass is 541 g/mol. The van der Waals surface area contributed by atoms with Gasteiger partial charge in [-0.05, 0) is 63.3 Å². The van der Waals surface area contributed by atoms with Crippen LogP contribution in [0.3, 0.4) is 0 Å². The quantitative estimate of drug-likeness (QED) is 0.418. The number of carbonyl (C=O) groups is 1. The zero-order chi connectivity index (χ0) is 26.6. The molecule has 2 aromatic carbocycles. The second-order valence-corrected chi connectivity index (χ2v) is 10.4. The molecule has 0 unspecified atom stereocenters. The molecule has 1 saturated heterocycles. The van der Waals surface area contributed by atoms with Gasteiger partial charge in [0.2, 0.25) is 5.91 Å². The summed E-state index contributed by atoms with van der Waals surface area (Å²) in [5.41, 5.74) is 0.874. The molecule has 2 N–H and O–H groups in total. The number of rotatable bonds is 7. The van der Waals surface area contributed by atoms with Crippen LogP contribution in [-0.4, -0.2) is 60.2 Å². The SMILES string of the molecule is CNC(=O)[C@@H]1CCCN([C@H]2CC[C@H](Oc3cc4c(Nc5cccc(Cl)c5F)ncnc4cc3OC)CC2)C1. The zero-order valence-corrected chi connectivity index (χ0v) is 22.4. The molecule has 10 heteroatoms. The third kappa shape index (κ3) is 5.63. The number of hydrogen-bond acceptors (Lipinski definition) is 7. The summed E-state index contributed by atoms with van der Waals surface area (Å²) in [5.74, 6) is 1.32. The normalized spacial score (nSPS) is 22.2. The molecular formula is C28H33ClFN5O3. The molecule has 5 rings (SSSR count). The number of methoxy groups -OCH3 is 1. The van der Waals surface area contributed by atoms with Gasteiger partial charge in [-0.2, -0.15) is 0 Å². The average molecular weight is 542 g/mol. The topological polar surface area (TPSA) is 88.6 Å². The van der Waals surface area contributed by atoms with Crippen LogP contribution in [-0.2, 0) is 4.79 Å². The highest BCUT2D eigenvalue weighted by Gasteiger charge is 2.32. The minimum Gasteiger partial charge on any atom is -0.493 e. The van der Waals surface area contributed by atoms with Gasteiger partial charge >= 0.3 is 0 Å². The van der Waals surface area contributed by atoms with Gasteiger partial charge in [0.1, 0.15) is 12.1 Å². The van der Waals surface area contributed by atoms with Crippen molar-refractivity contribution in [1.82, 2.24) is 20.2 Å². The molecule has 2 heterocycles. The van der Waals surface area contributed by atoms with E-state index in [0.717, 1.165) is 51.6 Å². The van der Waals surface area contributed by atoms with Gasteiger partial charge in [0.15, 0.2) is 17.3 Å². The Balaban J connectivity index is 1.30. The number of carbonyl (C=O) groups excluding carboxylic acids is 1. The highest BCUT2D eigenvalue weighted by molar-refractivity contribution is 6.31. The van der Waals surface area contributed by atoms with E-state index in [2.05, 4.69) is 25.5 Å². The minimum absolute atomic E-state index is 0.0309. The predicted molar refractivity (Wildman–Crippen MR) is 146 cm³/mol. The fourth-order valence-electron chi connectivity index (χ4n) is 5.61. The van der Waals surface area contributed by atoms with Crippen LogP contribution in [0.1, 0.15) is 38.5 Å². The van der Waals surface area contributed by atoms with E-state index in [1.807, 2.05) is 12.1 Å². The zero-order valence-electron chi connectivity index (χ0n) is 21.7. The van der Waals surface area contributed by atoms with Gasteiger partial charge in [-0.15, -0.1) is 0 Å². The number of piperidine rings is 1. The predicted octanol–water partition coefficient (Wildman–Crippen LogP) is 5.32. The summed E-state index contributed by atoms with van der Waals surface area (Å²) < 4.78 is 26.6. The van der Waals surface area contributed by atoms with Gasteiger partial charge in [-0.1, -0.05) is 17.7 Å². The smallest absolute Gasteiger partial charge is 0.224 e. The molecule has 1 saturated carbocycles. The van der Waals surface area contributed by atoms with E-state index in [-0.39, 0.29) is 28.6 Å². The summed E-state index contributed by atoms with van der Waals surface area (Å²) in [6, 6.07) is 8.91. The Kier molecular flexibility index (Phi) is 8.14. The lowest BCUT2D eigenvalue weighted by atomic mass is 9.88. The first-order valence-corrected chi connectivity index (χ1v) is 13.5. The van der Waals surface area contributed by atoms with Crippen LogP contribution >= 0.6 is 11.6 Å². The van der Waals surface area contributed by atoms with E-state index in [0.29, 0.717) is 34.3 Å². The molecule has 1 amide bonds. The number of halogens is 2. The van der Waals surface area contributed by atoms with Crippen molar-refractivity contribution in [1.29, 1.82) is 0 Å². The lowest BCUT2D eigenvalue weighted by Gasteiger charge is -2.41. The second-order valence-electron chi connectivity index (χ2n) is 9.97. The van der Waals surface area contributed by atoms with E-state index >= 15 is 0 Å². The number of nitrogens with zero attached hydrogens (tertiary/aromatic N) is 3. The van der Waals surface area contributed by atoms with Crippen LogP contribution in [0.2, 0.25) is 5.02 Å². The molecule has 2 fully saturated rings. The maximum atomic E-state index is 14.5. The number of anilines is 2. The van der Waals surface area contributed by atoms with Crippen molar-refractivity contribution in [2.45, 2.75) is 50.7 Å². The summed E-state index contributed by atoms with van der Waals surface area (Å²) in [5, 5.41) is 6.56. The van der Waals surface area contributed by atoms with Gasteiger partial charge in [-0.3, -0.25) is 9.69 Å². The summed E-state index contributed by atoms with van der Waals surface area (Å²) in [4.78, 5) is 23.3. The maximum Gasteiger partial charge on any atom is 0.224 e. The first kappa shape index (κ1) is 26.4. The average Bonchev–Trinajstić information content (AvgIpc) is 2.95. The molecular weight excluding hydrogens is 509 g/mol. The lowest BCUT2D eigenvalue weighted by molar-refractivity contribution is -0.126. The van der Waals surface area contributed by atoms with Crippen molar-refractivity contribution < 1.29 is 18.7 Å². The van der Waals surface area contributed by atoms with E-state index in [1.165, 1.54) is 12.4 Å². The third-order valence-corrected chi connectivity index (χ3v) is 7.94. The van der Waals surface area contributed by atoms with Gasteiger partial charge in [0.05, 0.1) is 35.4 Å². The summed E-state index contributed by atoms with van der Waals surface area (Å²) in [6.45, 7) is 1.88. The molecule has 1 aliphatic carbocycles. The summed E-state index contributed by atoms with van der Waals surface area (Å²) in [7, 11) is 3.32. The Hall–Kier alpha value is -3.17. The number of hydrogen-bond donors (Lipinski definition) is 2. The molecule has 1 aromatic heterocycles. The molecule has 202 valence electrons. The number of amides is 1. The molecule has 0 radical (unpaired) electrons. The van der Waals surface area contributed by atoms with Crippen LogP contribution in [0.25, 0.3) is 10.9 Å². The molecule has 2 aliphatic rings. The summed E-state index contributed by atoms with van der Waals surface area (Å²) in [6.07, 6.45) is 7.35. The van der Waals surface area contributed by atoms with Crippen molar-refractivity contribution in [2.24, 2.45) is 5.92 Å². The summed E-state index contributed by atoms with van der Waals surface area (Å²) >= 11 is 5.95. The minimum atomic E-state index is -0.543. The van der Waals surface area contributed by atoms with Gasteiger partial charge in [-0.25, -0.2) is 14.4 Å². The molecule has 1 atom stereocenters. The van der Waals surface area contributed by atoms with Gasteiger partial charge < -0.3 is 20.1 Å². The largest absolute Gasteiger partial charge is 0.493 e. The van der Waals surface area contributed by atoms with Crippen molar-refractivity contribution in [3.05, 3.63) is 47.5 Å². The first-order valence-electron chi connectivity index (χ1n) is 13.1. The van der Waals surface area contributed by atoms with Crippen LogP contribution in [0.5, 0.6) is 11.5 Å². The first-order chi connectivity index (χ1) is 18.5. The number of aromatic nitrogens is 2. The van der Waals surface area contributed by atoms with Crippen molar-refractivity contribution >= 4 is 39.9 Å². The Bertz CT molecular complexity index is 1300. The highest BCUT2D eigenvalue weighted by atomic mass is 35.5. The molecule has 3 aromatic rings. The van der Waals surface area contributed by atoms with Crippen molar-refractivity contribution in [3.8, 4) is 11.5 Å². The number of ether oxygens (including phenoxy) is 2. The van der Waals surface area contributed by atoms with Crippen molar-refractivity contribution in [3.63, 3.8) is 0 Å². The highest BCUT2D eigenvalue weighted by Crippen LogP contribution is 2.38. The fraction of sp³-hybridized carbons (Fsp3) is 0.464. The van der Waals surface area contributed by atoms with Crippen LogP contribution in [0, 0.1) is 11.7 Å². The Morgan fingerprint density at radius 2 is 1.95 bits per heavy atom. The molecule has 38 heavy (non-hydrogen) atoms. The van der Waals surface area contributed by atoms with E-state index in [9.17, 15) is 9.18 Å². The fourth-order valence-corrected chi connectivity index (χ4v) is 5.78. The van der Waals surface area contributed by atoms with Crippen LogP contribution < -0.4 is 20.1 Å².